The van der Waals surface area contributed by atoms with Gasteiger partial charge in [-0.1, -0.05) is 55.2 Å². The molecule has 166 valence electrons. The maximum atomic E-state index is 13.5. The molecule has 4 rings (SSSR count). The average molecular weight is 473 g/mol. The molecule has 6 nitrogen and oxygen atoms in total. The molecule has 1 aliphatic heterocycles. The second-order valence-electron chi connectivity index (χ2n) is 8.88. The van der Waals surface area contributed by atoms with E-state index in [1.165, 1.54) is 4.90 Å². The number of hydrogen-bond donors (Lipinski definition) is 2. The van der Waals surface area contributed by atoms with Crippen LogP contribution in [0.3, 0.4) is 0 Å². The van der Waals surface area contributed by atoms with Crippen molar-refractivity contribution in [1.82, 2.24) is 0 Å². The quantitative estimate of drug-likeness (QED) is 0.566. The first-order valence-corrected chi connectivity index (χ1v) is 10.9. The number of fused-ring (bicyclic) bond motifs is 1. The summed E-state index contributed by atoms with van der Waals surface area (Å²) in [5.74, 6) is -2.01. The van der Waals surface area contributed by atoms with Gasteiger partial charge < -0.3 is 10.4 Å². The molecule has 0 saturated carbocycles. The standard InChI is InChI=1S/C24H22Cl2N2O4/c1-24(2)11-17-22(19(29)12-24)23(14-8-7-13(25)9-15(14)26)28(20(30)10-21(31)32)18-6-4-3-5-16(18)27-17/h3-9,23,27H,10-12H2,1-2H3,(H,31,32). The number of hydrogen-bond acceptors (Lipinski definition) is 4. The van der Waals surface area contributed by atoms with Crippen molar-refractivity contribution in [2.75, 3.05) is 10.2 Å². The molecule has 0 radical (unpaired) electrons. The number of para-hydroxylation sites is 2. The van der Waals surface area contributed by atoms with Gasteiger partial charge in [0.25, 0.3) is 0 Å². The summed E-state index contributed by atoms with van der Waals surface area (Å²) in [5, 5.41) is 13.4. The number of aliphatic carboxylic acids is 1. The average Bonchev–Trinajstić information content (AvgIpc) is 2.80. The lowest BCUT2D eigenvalue weighted by Crippen LogP contribution is -2.40. The van der Waals surface area contributed by atoms with Crippen molar-refractivity contribution in [2.24, 2.45) is 5.41 Å². The van der Waals surface area contributed by atoms with Crippen molar-refractivity contribution >= 4 is 52.2 Å². The third kappa shape index (κ3) is 4.12. The largest absolute Gasteiger partial charge is 0.481 e. The number of amides is 1. The van der Waals surface area contributed by atoms with Crippen molar-refractivity contribution in [2.45, 2.75) is 39.2 Å². The Kier molecular flexibility index (Phi) is 5.77. The molecule has 0 fully saturated rings. The van der Waals surface area contributed by atoms with E-state index in [1.807, 2.05) is 19.9 Å². The number of halogens is 2. The van der Waals surface area contributed by atoms with E-state index >= 15 is 0 Å². The minimum absolute atomic E-state index is 0.110. The van der Waals surface area contributed by atoms with E-state index in [1.54, 1.807) is 36.4 Å². The van der Waals surface area contributed by atoms with Crippen molar-refractivity contribution in [1.29, 1.82) is 0 Å². The molecule has 2 aliphatic rings. The fraction of sp³-hybridized carbons (Fsp3) is 0.292. The highest BCUT2D eigenvalue weighted by Crippen LogP contribution is 2.49. The molecule has 1 heterocycles. The summed E-state index contributed by atoms with van der Waals surface area (Å²) < 4.78 is 0. The number of anilines is 2. The van der Waals surface area contributed by atoms with E-state index < -0.39 is 24.3 Å². The van der Waals surface area contributed by atoms with E-state index in [2.05, 4.69) is 5.32 Å². The van der Waals surface area contributed by atoms with Crippen molar-refractivity contribution in [3.8, 4) is 0 Å². The molecule has 1 atom stereocenters. The van der Waals surface area contributed by atoms with Gasteiger partial charge in [-0.3, -0.25) is 19.3 Å². The molecule has 8 heteroatoms. The van der Waals surface area contributed by atoms with Crippen molar-refractivity contribution < 1.29 is 19.5 Å². The van der Waals surface area contributed by atoms with Crippen molar-refractivity contribution in [3.63, 3.8) is 0 Å². The highest BCUT2D eigenvalue weighted by atomic mass is 35.5. The second kappa shape index (κ2) is 8.26. The first-order chi connectivity index (χ1) is 15.1. The molecule has 0 bridgehead atoms. The third-order valence-electron chi connectivity index (χ3n) is 5.73. The van der Waals surface area contributed by atoms with Gasteiger partial charge in [0.1, 0.15) is 6.42 Å². The number of carboxylic acid groups (broad SMARTS) is 1. The van der Waals surface area contributed by atoms with Gasteiger partial charge in [0.2, 0.25) is 5.91 Å². The molecular weight excluding hydrogens is 451 g/mol. The molecule has 0 aromatic heterocycles. The summed E-state index contributed by atoms with van der Waals surface area (Å²) in [4.78, 5) is 39.6. The Morgan fingerprint density at radius 1 is 1.16 bits per heavy atom. The lowest BCUT2D eigenvalue weighted by Gasteiger charge is -2.37. The predicted octanol–water partition coefficient (Wildman–Crippen LogP) is 5.61. The van der Waals surface area contributed by atoms with Crippen LogP contribution in [0.15, 0.2) is 53.7 Å². The van der Waals surface area contributed by atoms with Crippen LogP contribution >= 0.6 is 23.2 Å². The van der Waals surface area contributed by atoms with Crippen LogP contribution in [0.2, 0.25) is 10.0 Å². The molecule has 2 aromatic carbocycles. The number of carbonyl (C=O) groups is 3. The van der Waals surface area contributed by atoms with Crippen LogP contribution in [0.5, 0.6) is 0 Å². The molecule has 32 heavy (non-hydrogen) atoms. The minimum atomic E-state index is -1.25. The maximum absolute atomic E-state index is 13.5. The summed E-state index contributed by atoms with van der Waals surface area (Å²) in [6, 6.07) is 11.1. The number of carbonyl (C=O) groups excluding carboxylic acids is 2. The Bertz CT molecular complexity index is 1170. The van der Waals surface area contributed by atoms with Crippen LogP contribution in [0.1, 0.15) is 44.7 Å². The van der Waals surface area contributed by atoms with Crippen LogP contribution in [-0.2, 0) is 14.4 Å². The summed E-state index contributed by atoms with van der Waals surface area (Å²) >= 11 is 12.7. The molecule has 0 spiro atoms. The number of allylic oxidation sites excluding steroid dienone is 1. The van der Waals surface area contributed by atoms with E-state index in [-0.39, 0.29) is 11.2 Å². The van der Waals surface area contributed by atoms with Gasteiger partial charge in [0.15, 0.2) is 5.78 Å². The Morgan fingerprint density at radius 3 is 2.56 bits per heavy atom. The fourth-order valence-electron chi connectivity index (χ4n) is 4.49. The first-order valence-electron chi connectivity index (χ1n) is 10.2. The van der Waals surface area contributed by atoms with Crippen molar-refractivity contribution in [3.05, 3.63) is 69.3 Å². The summed E-state index contributed by atoms with van der Waals surface area (Å²) in [5.41, 5.74) is 2.47. The molecule has 0 saturated heterocycles. The van der Waals surface area contributed by atoms with Gasteiger partial charge in [-0.05, 0) is 41.7 Å². The van der Waals surface area contributed by atoms with Crippen LogP contribution in [0.25, 0.3) is 0 Å². The highest BCUT2D eigenvalue weighted by molar-refractivity contribution is 6.35. The predicted molar refractivity (Wildman–Crippen MR) is 124 cm³/mol. The molecule has 1 unspecified atom stereocenters. The summed E-state index contributed by atoms with van der Waals surface area (Å²) in [6.07, 6.45) is 0.163. The second-order valence-corrected chi connectivity index (χ2v) is 9.72. The Balaban J connectivity index is 2.03. The van der Waals surface area contributed by atoms with Gasteiger partial charge in [-0.15, -0.1) is 0 Å². The molecular formula is C24H22Cl2N2O4. The number of rotatable bonds is 3. The number of carboxylic acids is 1. The number of Topliss-reactive ketones (excluding diaryl/α,β-unsaturated/α-hetero) is 1. The Labute approximate surface area is 195 Å². The van der Waals surface area contributed by atoms with Gasteiger partial charge in [-0.2, -0.15) is 0 Å². The lowest BCUT2D eigenvalue weighted by atomic mass is 9.73. The zero-order chi connectivity index (χ0) is 23.2. The van der Waals surface area contributed by atoms with Gasteiger partial charge in [-0.25, -0.2) is 0 Å². The van der Waals surface area contributed by atoms with Gasteiger partial charge in [0, 0.05) is 27.7 Å². The fourth-order valence-corrected chi connectivity index (χ4v) is 5.01. The summed E-state index contributed by atoms with van der Waals surface area (Å²) in [6.45, 7) is 4.04. The van der Waals surface area contributed by atoms with E-state index in [0.717, 1.165) is 0 Å². The maximum Gasteiger partial charge on any atom is 0.312 e. The Morgan fingerprint density at radius 2 is 1.88 bits per heavy atom. The molecule has 1 aliphatic carbocycles. The number of ketones is 1. The summed E-state index contributed by atoms with van der Waals surface area (Å²) in [7, 11) is 0. The third-order valence-corrected chi connectivity index (χ3v) is 6.29. The molecule has 2 N–H and O–H groups in total. The van der Waals surface area contributed by atoms with E-state index in [4.69, 9.17) is 23.2 Å². The van der Waals surface area contributed by atoms with Crippen LogP contribution in [-0.4, -0.2) is 22.8 Å². The number of nitrogens with one attached hydrogen (secondary N) is 1. The van der Waals surface area contributed by atoms with Crippen LogP contribution in [0.4, 0.5) is 11.4 Å². The minimum Gasteiger partial charge on any atom is -0.481 e. The first kappa shape index (κ1) is 22.4. The van der Waals surface area contributed by atoms with Crippen LogP contribution < -0.4 is 10.2 Å². The number of nitrogens with zero attached hydrogens (tertiary/aromatic N) is 1. The normalized spacial score (nSPS) is 19.6. The Hall–Kier alpha value is -2.83. The van der Waals surface area contributed by atoms with Crippen LogP contribution in [0, 0.1) is 5.41 Å². The topological polar surface area (TPSA) is 86.7 Å². The monoisotopic (exact) mass is 472 g/mol. The molecule has 1 amide bonds. The smallest absolute Gasteiger partial charge is 0.312 e. The van der Waals surface area contributed by atoms with Gasteiger partial charge >= 0.3 is 5.97 Å². The lowest BCUT2D eigenvalue weighted by molar-refractivity contribution is -0.140. The van der Waals surface area contributed by atoms with E-state index in [9.17, 15) is 19.5 Å². The van der Waals surface area contributed by atoms with E-state index in [0.29, 0.717) is 51.1 Å². The highest BCUT2D eigenvalue weighted by Gasteiger charge is 2.44. The number of benzene rings is 2. The zero-order valence-corrected chi connectivity index (χ0v) is 19.1. The zero-order valence-electron chi connectivity index (χ0n) is 17.6. The molecule has 2 aromatic rings. The van der Waals surface area contributed by atoms with Gasteiger partial charge in [0.05, 0.1) is 17.4 Å². The SMILES string of the molecule is CC1(C)CC(=O)C2=C(C1)Nc1ccccc1N(C(=O)CC(=O)O)C2c1ccc(Cl)cc1Cl.